The summed E-state index contributed by atoms with van der Waals surface area (Å²) in [6.45, 7) is 0. The van der Waals surface area contributed by atoms with Crippen molar-refractivity contribution in [2.45, 2.75) is 10.8 Å². The number of anilines is 1. The largest absolute Gasteiger partial charge is 0.493 e. The van der Waals surface area contributed by atoms with Crippen molar-refractivity contribution in [1.82, 2.24) is 4.98 Å². The molecular formula is C21H20N2O3S. The van der Waals surface area contributed by atoms with Gasteiger partial charge >= 0.3 is 0 Å². The molecule has 138 valence electrons. The van der Waals surface area contributed by atoms with Gasteiger partial charge in [-0.05, 0) is 29.8 Å². The van der Waals surface area contributed by atoms with Gasteiger partial charge in [0.15, 0.2) is 11.5 Å². The number of methoxy groups -OCH3 is 2. The van der Waals surface area contributed by atoms with Gasteiger partial charge in [-0.2, -0.15) is 0 Å². The molecule has 2 aromatic carbocycles. The topological polar surface area (TPSA) is 60.5 Å². The van der Waals surface area contributed by atoms with E-state index in [1.54, 1.807) is 50.7 Å². The molecule has 0 unspecified atom stereocenters. The molecule has 3 aromatic rings. The van der Waals surface area contributed by atoms with Gasteiger partial charge in [0, 0.05) is 23.7 Å². The van der Waals surface area contributed by atoms with E-state index in [4.69, 9.17) is 9.47 Å². The number of amides is 1. The number of hydrogen-bond acceptors (Lipinski definition) is 5. The Bertz CT molecular complexity index is 916. The zero-order valence-electron chi connectivity index (χ0n) is 15.1. The van der Waals surface area contributed by atoms with E-state index in [1.807, 2.05) is 18.2 Å². The standard InChI is InChI=1S/C21H20N2O3S/c1-25-18-11-10-16(13-19(18)26-2)23-20(24)17-9-6-12-22-21(17)27-14-15-7-4-3-5-8-15/h3-13H,14H2,1-2H3,(H,23,24). The number of hydrogen-bond donors (Lipinski definition) is 1. The van der Waals surface area contributed by atoms with Crippen LogP contribution >= 0.6 is 11.8 Å². The van der Waals surface area contributed by atoms with Crippen LogP contribution in [0, 0.1) is 0 Å². The summed E-state index contributed by atoms with van der Waals surface area (Å²) in [6, 6.07) is 18.9. The van der Waals surface area contributed by atoms with Gasteiger partial charge in [0.1, 0.15) is 5.03 Å². The van der Waals surface area contributed by atoms with E-state index in [0.29, 0.717) is 27.8 Å². The third kappa shape index (κ3) is 4.80. The smallest absolute Gasteiger partial charge is 0.258 e. The van der Waals surface area contributed by atoms with Crippen LogP contribution in [0.15, 0.2) is 71.9 Å². The van der Waals surface area contributed by atoms with Crippen LogP contribution in [-0.4, -0.2) is 25.1 Å². The molecule has 5 nitrogen and oxygen atoms in total. The van der Waals surface area contributed by atoms with Gasteiger partial charge in [0.25, 0.3) is 5.91 Å². The lowest BCUT2D eigenvalue weighted by atomic mass is 10.2. The Hall–Kier alpha value is -2.99. The molecule has 0 aliphatic carbocycles. The molecule has 0 atom stereocenters. The van der Waals surface area contributed by atoms with Crippen LogP contribution in [0.2, 0.25) is 0 Å². The van der Waals surface area contributed by atoms with E-state index in [9.17, 15) is 4.79 Å². The molecule has 1 aromatic heterocycles. The fourth-order valence-corrected chi connectivity index (χ4v) is 3.46. The van der Waals surface area contributed by atoms with Crippen LogP contribution in [0.3, 0.4) is 0 Å². The average molecular weight is 380 g/mol. The predicted octanol–water partition coefficient (Wildman–Crippen LogP) is 4.64. The Kier molecular flexibility index (Phi) is 6.33. The highest BCUT2D eigenvalue weighted by Gasteiger charge is 2.14. The molecule has 1 amide bonds. The molecule has 0 aliphatic heterocycles. The monoisotopic (exact) mass is 380 g/mol. The van der Waals surface area contributed by atoms with Crippen molar-refractivity contribution in [3.8, 4) is 11.5 Å². The molecule has 27 heavy (non-hydrogen) atoms. The zero-order chi connectivity index (χ0) is 19.1. The SMILES string of the molecule is COc1ccc(NC(=O)c2cccnc2SCc2ccccc2)cc1OC. The van der Waals surface area contributed by atoms with E-state index in [2.05, 4.69) is 22.4 Å². The molecule has 0 aliphatic rings. The first-order valence-electron chi connectivity index (χ1n) is 8.36. The number of pyridine rings is 1. The van der Waals surface area contributed by atoms with Gasteiger partial charge in [-0.3, -0.25) is 4.79 Å². The second kappa shape index (κ2) is 9.09. The Balaban J connectivity index is 1.75. The lowest BCUT2D eigenvalue weighted by molar-refractivity contribution is 0.102. The first-order valence-corrected chi connectivity index (χ1v) is 9.35. The molecule has 0 spiro atoms. The van der Waals surface area contributed by atoms with E-state index in [0.717, 1.165) is 5.75 Å². The third-order valence-electron chi connectivity index (χ3n) is 3.88. The van der Waals surface area contributed by atoms with Gasteiger partial charge < -0.3 is 14.8 Å². The number of thioether (sulfide) groups is 1. The van der Waals surface area contributed by atoms with Crippen LogP contribution in [0.1, 0.15) is 15.9 Å². The number of rotatable bonds is 7. The summed E-state index contributed by atoms with van der Waals surface area (Å²) >= 11 is 1.54. The van der Waals surface area contributed by atoms with Crippen LogP contribution in [0.4, 0.5) is 5.69 Å². The van der Waals surface area contributed by atoms with Crippen LogP contribution in [0.5, 0.6) is 11.5 Å². The third-order valence-corrected chi connectivity index (χ3v) is 4.95. The summed E-state index contributed by atoms with van der Waals surface area (Å²) in [5.41, 5.74) is 2.34. The van der Waals surface area contributed by atoms with Crippen molar-refractivity contribution >= 4 is 23.4 Å². The molecular weight excluding hydrogens is 360 g/mol. The van der Waals surface area contributed by atoms with Gasteiger partial charge in [0.05, 0.1) is 19.8 Å². The maximum atomic E-state index is 12.8. The van der Waals surface area contributed by atoms with Gasteiger partial charge in [-0.15, -0.1) is 11.8 Å². The Labute approximate surface area is 162 Å². The maximum absolute atomic E-state index is 12.8. The van der Waals surface area contributed by atoms with Gasteiger partial charge in [-0.1, -0.05) is 30.3 Å². The molecule has 1 heterocycles. The summed E-state index contributed by atoms with van der Waals surface area (Å²) in [5.74, 6) is 1.69. The second-order valence-electron chi connectivity index (χ2n) is 5.65. The van der Waals surface area contributed by atoms with Crippen LogP contribution < -0.4 is 14.8 Å². The van der Waals surface area contributed by atoms with Crippen molar-refractivity contribution in [2.75, 3.05) is 19.5 Å². The van der Waals surface area contributed by atoms with Crippen molar-refractivity contribution in [3.63, 3.8) is 0 Å². The summed E-state index contributed by atoms with van der Waals surface area (Å²) in [7, 11) is 3.13. The number of aromatic nitrogens is 1. The van der Waals surface area contributed by atoms with Gasteiger partial charge in [0.2, 0.25) is 0 Å². The average Bonchev–Trinajstić information content (AvgIpc) is 2.73. The molecule has 3 rings (SSSR count). The predicted molar refractivity (Wildman–Crippen MR) is 108 cm³/mol. The first-order chi connectivity index (χ1) is 13.2. The van der Waals surface area contributed by atoms with E-state index < -0.39 is 0 Å². The number of nitrogens with one attached hydrogen (secondary N) is 1. The first kappa shape index (κ1) is 18.8. The Morgan fingerprint density at radius 1 is 1.00 bits per heavy atom. The minimum Gasteiger partial charge on any atom is -0.493 e. The molecule has 1 N–H and O–H groups in total. The van der Waals surface area contributed by atoms with Crippen LogP contribution in [-0.2, 0) is 5.75 Å². The van der Waals surface area contributed by atoms with E-state index in [-0.39, 0.29) is 5.91 Å². The number of carbonyl (C=O) groups excluding carboxylic acids is 1. The fraction of sp³-hybridized carbons (Fsp3) is 0.143. The summed E-state index contributed by atoms with van der Waals surface area (Å²) < 4.78 is 10.5. The summed E-state index contributed by atoms with van der Waals surface area (Å²) in [5, 5.41) is 3.59. The molecule has 0 saturated carbocycles. The maximum Gasteiger partial charge on any atom is 0.258 e. The summed E-state index contributed by atoms with van der Waals surface area (Å²) in [4.78, 5) is 17.1. The van der Waals surface area contributed by atoms with Gasteiger partial charge in [-0.25, -0.2) is 4.98 Å². The van der Waals surface area contributed by atoms with Crippen molar-refractivity contribution < 1.29 is 14.3 Å². The lowest BCUT2D eigenvalue weighted by Gasteiger charge is -2.12. The van der Waals surface area contributed by atoms with E-state index in [1.165, 1.54) is 17.3 Å². The normalized spacial score (nSPS) is 10.3. The van der Waals surface area contributed by atoms with Crippen molar-refractivity contribution in [3.05, 3.63) is 78.0 Å². The highest BCUT2D eigenvalue weighted by molar-refractivity contribution is 7.98. The Morgan fingerprint density at radius 2 is 1.78 bits per heavy atom. The molecule has 0 radical (unpaired) electrons. The number of nitrogens with zero attached hydrogens (tertiary/aromatic N) is 1. The summed E-state index contributed by atoms with van der Waals surface area (Å²) in [6.07, 6.45) is 1.69. The number of ether oxygens (including phenoxy) is 2. The highest BCUT2D eigenvalue weighted by Crippen LogP contribution is 2.30. The number of benzene rings is 2. The molecule has 0 saturated heterocycles. The highest BCUT2D eigenvalue weighted by atomic mass is 32.2. The molecule has 6 heteroatoms. The number of carbonyl (C=O) groups is 1. The van der Waals surface area contributed by atoms with Crippen molar-refractivity contribution in [1.29, 1.82) is 0 Å². The van der Waals surface area contributed by atoms with E-state index >= 15 is 0 Å². The Morgan fingerprint density at radius 3 is 2.52 bits per heavy atom. The fourth-order valence-electron chi connectivity index (χ4n) is 2.52. The van der Waals surface area contributed by atoms with Crippen molar-refractivity contribution in [2.24, 2.45) is 0 Å². The minimum absolute atomic E-state index is 0.217. The molecule has 0 fully saturated rings. The zero-order valence-corrected chi connectivity index (χ0v) is 16.0. The quantitative estimate of drug-likeness (QED) is 0.605. The minimum atomic E-state index is -0.217. The lowest BCUT2D eigenvalue weighted by Crippen LogP contribution is -2.13. The molecule has 0 bridgehead atoms. The van der Waals surface area contributed by atoms with Crippen LogP contribution in [0.25, 0.3) is 0 Å². The second-order valence-corrected chi connectivity index (χ2v) is 6.62.